The Morgan fingerprint density at radius 3 is 2.73 bits per heavy atom. The van der Waals surface area contributed by atoms with Crippen molar-refractivity contribution in [3.63, 3.8) is 0 Å². The largest absolute Gasteiger partial charge is 0.323 e. The van der Waals surface area contributed by atoms with Crippen LogP contribution in [0.2, 0.25) is 0 Å². The van der Waals surface area contributed by atoms with Crippen molar-refractivity contribution >= 4 is 11.9 Å². The Morgan fingerprint density at radius 1 is 1.64 bits per heavy atom. The third kappa shape index (κ3) is 2.04. The molecule has 1 rings (SSSR count). The van der Waals surface area contributed by atoms with Gasteiger partial charge in [0.15, 0.2) is 0 Å². The Labute approximate surface area is 69.2 Å². The first-order valence-corrected chi connectivity index (χ1v) is 4.67. The molecule has 0 radical (unpaired) electrons. The number of hydrogen-bond donors (Lipinski definition) is 1. The van der Waals surface area contributed by atoms with Gasteiger partial charge in [0.1, 0.15) is 0 Å². The van der Waals surface area contributed by atoms with E-state index in [2.05, 4.69) is 0 Å². The third-order valence-electron chi connectivity index (χ3n) is 1.88. The summed E-state index contributed by atoms with van der Waals surface area (Å²) in [6, 6.07) is -0.953. The molecular formula is C6H12F2N2S. The monoisotopic (exact) mass is 182 g/mol. The van der Waals surface area contributed by atoms with E-state index in [9.17, 15) is 8.78 Å². The van der Waals surface area contributed by atoms with Gasteiger partial charge in [-0.2, -0.15) is 0 Å². The lowest BCUT2D eigenvalue weighted by molar-refractivity contribution is -0.0582. The summed E-state index contributed by atoms with van der Waals surface area (Å²) in [6.07, 6.45) is 2.18. The summed E-state index contributed by atoms with van der Waals surface area (Å²) in [6.45, 7) is 0.452. The van der Waals surface area contributed by atoms with E-state index in [1.54, 1.807) is 10.6 Å². The highest BCUT2D eigenvalue weighted by atomic mass is 32.2. The van der Waals surface area contributed by atoms with Crippen molar-refractivity contribution in [3.05, 3.63) is 0 Å². The van der Waals surface area contributed by atoms with Crippen LogP contribution in [0.1, 0.15) is 6.42 Å². The van der Waals surface area contributed by atoms with Crippen LogP contribution in [0.25, 0.3) is 0 Å². The van der Waals surface area contributed by atoms with E-state index in [-0.39, 0.29) is 6.54 Å². The number of alkyl halides is 2. The van der Waals surface area contributed by atoms with E-state index in [0.717, 1.165) is 0 Å². The first kappa shape index (κ1) is 9.22. The minimum absolute atomic E-state index is 0.213. The van der Waals surface area contributed by atoms with Gasteiger partial charge < -0.3 is 5.73 Å². The molecule has 0 spiro atoms. The smallest absolute Gasteiger partial charge is 0.276 e. The molecule has 1 aliphatic heterocycles. The lowest BCUT2D eigenvalue weighted by Gasteiger charge is -2.34. The molecule has 0 aromatic carbocycles. The lowest BCUT2D eigenvalue weighted by atomic mass is 10.0. The van der Waals surface area contributed by atoms with E-state index in [0.29, 0.717) is 13.0 Å². The first-order valence-electron chi connectivity index (χ1n) is 3.49. The Hall–Kier alpha value is 0.130. The van der Waals surface area contributed by atoms with Crippen LogP contribution in [0.4, 0.5) is 8.78 Å². The van der Waals surface area contributed by atoms with E-state index >= 15 is 0 Å². The number of halogens is 2. The van der Waals surface area contributed by atoms with Crippen molar-refractivity contribution in [3.8, 4) is 0 Å². The van der Waals surface area contributed by atoms with Crippen LogP contribution in [0.15, 0.2) is 0 Å². The summed E-state index contributed by atoms with van der Waals surface area (Å²) >= 11 is 1.35. The van der Waals surface area contributed by atoms with Gasteiger partial charge in [0.25, 0.3) is 5.92 Å². The van der Waals surface area contributed by atoms with Gasteiger partial charge in [-0.3, -0.25) is 0 Å². The normalized spacial score (nSPS) is 32.2. The molecule has 1 unspecified atom stereocenters. The zero-order valence-corrected chi connectivity index (χ0v) is 7.20. The molecule has 0 bridgehead atoms. The topological polar surface area (TPSA) is 29.3 Å². The van der Waals surface area contributed by atoms with Crippen molar-refractivity contribution in [2.24, 2.45) is 5.73 Å². The van der Waals surface area contributed by atoms with Crippen LogP contribution in [0, 0.1) is 0 Å². The zero-order valence-electron chi connectivity index (χ0n) is 6.39. The summed E-state index contributed by atoms with van der Waals surface area (Å²) in [7, 11) is 0. The highest BCUT2D eigenvalue weighted by molar-refractivity contribution is 7.96. The van der Waals surface area contributed by atoms with Gasteiger partial charge in [0, 0.05) is 6.54 Å². The van der Waals surface area contributed by atoms with Crippen molar-refractivity contribution in [1.82, 2.24) is 4.31 Å². The molecule has 66 valence electrons. The molecule has 0 aliphatic carbocycles. The number of hydrogen-bond acceptors (Lipinski definition) is 3. The fraction of sp³-hybridized carbons (Fsp3) is 1.00. The Morgan fingerprint density at radius 2 is 2.27 bits per heavy atom. The van der Waals surface area contributed by atoms with Gasteiger partial charge in [-0.1, -0.05) is 11.9 Å². The molecule has 0 aromatic heterocycles. The van der Waals surface area contributed by atoms with Crippen LogP contribution in [0.3, 0.4) is 0 Å². The molecule has 0 aromatic rings. The third-order valence-corrected chi connectivity index (χ3v) is 2.71. The van der Waals surface area contributed by atoms with Crippen molar-refractivity contribution in [2.75, 3.05) is 19.3 Å². The van der Waals surface area contributed by atoms with Crippen molar-refractivity contribution in [2.45, 2.75) is 18.4 Å². The van der Waals surface area contributed by atoms with Crippen LogP contribution in [-0.4, -0.2) is 35.6 Å². The summed E-state index contributed by atoms with van der Waals surface area (Å²) in [4.78, 5) is 0. The molecule has 0 saturated carbocycles. The highest BCUT2D eigenvalue weighted by Gasteiger charge is 2.42. The van der Waals surface area contributed by atoms with Gasteiger partial charge in [-0.25, -0.2) is 13.1 Å². The number of nitrogens with two attached hydrogens (primary N) is 1. The summed E-state index contributed by atoms with van der Waals surface area (Å²) in [5.41, 5.74) is 5.24. The summed E-state index contributed by atoms with van der Waals surface area (Å²) in [5.74, 6) is -2.71. The quantitative estimate of drug-likeness (QED) is 0.612. The van der Waals surface area contributed by atoms with Gasteiger partial charge in [0.05, 0.1) is 12.6 Å². The lowest BCUT2D eigenvalue weighted by Crippen LogP contribution is -2.53. The molecule has 2 nitrogen and oxygen atoms in total. The van der Waals surface area contributed by atoms with Crippen LogP contribution in [-0.2, 0) is 0 Å². The molecule has 0 amide bonds. The van der Waals surface area contributed by atoms with E-state index < -0.39 is 12.0 Å². The average Bonchev–Trinajstić information content (AvgIpc) is 1.95. The fourth-order valence-corrected chi connectivity index (χ4v) is 1.67. The van der Waals surface area contributed by atoms with Gasteiger partial charge >= 0.3 is 0 Å². The van der Waals surface area contributed by atoms with E-state index in [1.165, 1.54) is 11.9 Å². The second-order valence-electron chi connectivity index (χ2n) is 2.70. The van der Waals surface area contributed by atoms with Crippen LogP contribution < -0.4 is 5.73 Å². The highest BCUT2D eigenvalue weighted by Crippen LogP contribution is 2.28. The maximum absolute atomic E-state index is 12.9. The SMILES string of the molecule is CSN1CCC(N)C(F)(F)C1. The zero-order chi connectivity index (χ0) is 8.48. The molecule has 1 fully saturated rings. The van der Waals surface area contributed by atoms with Gasteiger partial charge in [0.2, 0.25) is 0 Å². The molecule has 1 aliphatic rings. The van der Waals surface area contributed by atoms with E-state index in [4.69, 9.17) is 5.73 Å². The molecule has 11 heavy (non-hydrogen) atoms. The maximum Gasteiger partial charge on any atom is 0.276 e. The summed E-state index contributed by atoms with van der Waals surface area (Å²) < 4.78 is 27.4. The van der Waals surface area contributed by atoms with Crippen molar-refractivity contribution < 1.29 is 8.78 Å². The van der Waals surface area contributed by atoms with Gasteiger partial charge in [-0.05, 0) is 12.7 Å². The predicted molar refractivity (Wildman–Crippen MR) is 42.6 cm³/mol. The Balaban J connectivity index is 2.52. The maximum atomic E-state index is 12.9. The second kappa shape index (κ2) is 3.25. The fourth-order valence-electron chi connectivity index (χ4n) is 1.08. The molecule has 1 atom stereocenters. The van der Waals surface area contributed by atoms with Crippen molar-refractivity contribution in [1.29, 1.82) is 0 Å². The number of nitrogens with zero attached hydrogens (tertiary/aromatic N) is 1. The minimum atomic E-state index is -2.71. The molecular weight excluding hydrogens is 170 g/mol. The standard InChI is InChI=1S/C6H12F2N2S/c1-11-10-3-2-5(9)6(7,8)4-10/h5H,2-4,9H2,1H3. The number of piperidine rings is 1. The summed E-state index contributed by atoms with van der Waals surface area (Å²) in [5, 5.41) is 0. The van der Waals surface area contributed by atoms with E-state index in [1.807, 2.05) is 0 Å². The molecule has 2 N–H and O–H groups in total. The van der Waals surface area contributed by atoms with Crippen LogP contribution in [0.5, 0.6) is 0 Å². The number of rotatable bonds is 1. The Kier molecular flexibility index (Phi) is 2.72. The molecule has 1 saturated heterocycles. The van der Waals surface area contributed by atoms with Crippen LogP contribution >= 0.6 is 11.9 Å². The molecule has 1 heterocycles. The second-order valence-corrected chi connectivity index (χ2v) is 3.58. The first-order chi connectivity index (χ1) is 5.06. The predicted octanol–water partition coefficient (Wildman–Crippen LogP) is 0.933. The minimum Gasteiger partial charge on any atom is -0.323 e. The average molecular weight is 182 g/mol. The Bertz CT molecular complexity index is 143. The van der Waals surface area contributed by atoms with Gasteiger partial charge in [-0.15, -0.1) is 0 Å². The molecule has 5 heteroatoms.